The van der Waals surface area contributed by atoms with Crippen molar-refractivity contribution in [3.63, 3.8) is 0 Å². The third kappa shape index (κ3) is 4.24. The molecule has 1 amide bonds. The first kappa shape index (κ1) is 13.8. The molecule has 0 radical (unpaired) electrons. The molecule has 0 saturated carbocycles. The Hall–Kier alpha value is -2.63. The van der Waals surface area contributed by atoms with Crippen LogP contribution in [0.3, 0.4) is 0 Å². The van der Waals surface area contributed by atoms with E-state index in [1.54, 1.807) is 24.3 Å². The molecular formula is C14H14FN3O2. The van der Waals surface area contributed by atoms with Crippen LogP contribution in [0.1, 0.15) is 6.42 Å². The van der Waals surface area contributed by atoms with Gasteiger partial charge in [-0.25, -0.2) is 4.98 Å². The zero-order valence-corrected chi connectivity index (χ0v) is 10.7. The molecule has 0 spiro atoms. The normalized spacial score (nSPS) is 10.1. The van der Waals surface area contributed by atoms with Crippen molar-refractivity contribution in [2.75, 3.05) is 17.7 Å². The summed E-state index contributed by atoms with van der Waals surface area (Å²) in [6.07, 6.45) is 1.43. The maximum Gasteiger partial charge on any atom is 0.227 e. The first-order chi connectivity index (χ1) is 9.63. The molecule has 2 aromatic rings. The van der Waals surface area contributed by atoms with Crippen LogP contribution in [0.15, 0.2) is 42.6 Å². The number of nitrogens with one attached hydrogen (secondary N) is 1. The monoisotopic (exact) mass is 275 g/mol. The van der Waals surface area contributed by atoms with Crippen molar-refractivity contribution in [2.24, 2.45) is 0 Å². The summed E-state index contributed by atoms with van der Waals surface area (Å²) in [5, 5.41) is 2.59. The quantitative estimate of drug-likeness (QED) is 0.648. The number of ether oxygens (including phenoxy) is 1. The van der Waals surface area contributed by atoms with Gasteiger partial charge < -0.3 is 15.8 Å². The second-order valence-corrected chi connectivity index (χ2v) is 4.09. The van der Waals surface area contributed by atoms with E-state index >= 15 is 0 Å². The fourth-order valence-corrected chi connectivity index (χ4v) is 1.54. The highest BCUT2D eigenvalue weighted by atomic mass is 19.1. The van der Waals surface area contributed by atoms with Crippen molar-refractivity contribution in [3.05, 3.63) is 48.5 Å². The van der Waals surface area contributed by atoms with Crippen molar-refractivity contribution in [1.82, 2.24) is 4.98 Å². The first-order valence-corrected chi connectivity index (χ1v) is 6.03. The number of amides is 1. The molecule has 104 valence electrons. The number of hydrogen-bond acceptors (Lipinski definition) is 4. The summed E-state index contributed by atoms with van der Waals surface area (Å²) in [4.78, 5) is 15.1. The standard InChI is InChI=1S/C14H14FN3O2/c15-13-5-4-11(9-17-13)18-14(19)6-7-20-12-3-1-2-10(16)8-12/h1-5,8-9H,6-7,16H2,(H,18,19). The first-order valence-electron chi connectivity index (χ1n) is 6.03. The van der Waals surface area contributed by atoms with Crippen LogP contribution < -0.4 is 15.8 Å². The number of rotatable bonds is 5. The molecule has 0 aliphatic rings. The van der Waals surface area contributed by atoms with Crippen molar-refractivity contribution >= 4 is 17.3 Å². The lowest BCUT2D eigenvalue weighted by Crippen LogP contribution is -2.15. The van der Waals surface area contributed by atoms with Gasteiger partial charge in [0.1, 0.15) is 5.75 Å². The lowest BCUT2D eigenvalue weighted by Gasteiger charge is -2.07. The molecule has 2 rings (SSSR count). The van der Waals surface area contributed by atoms with E-state index in [2.05, 4.69) is 10.3 Å². The van der Waals surface area contributed by atoms with Crippen LogP contribution in [-0.4, -0.2) is 17.5 Å². The van der Waals surface area contributed by atoms with Gasteiger partial charge in [-0.15, -0.1) is 0 Å². The summed E-state index contributed by atoms with van der Waals surface area (Å²) in [6, 6.07) is 9.59. The van der Waals surface area contributed by atoms with Crippen LogP contribution in [0.4, 0.5) is 15.8 Å². The van der Waals surface area contributed by atoms with E-state index in [1.807, 2.05) is 0 Å². The predicted molar refractivity (Wildman–Crippen MR) is 73.8 cm³/mol. The van der Waals surface area contributed by atoms with E-state index in [1.165, 1.54) is 18.3 Å². The number of halogens is 1. The minimum atomic E-state index is -0.590. The Morgan fingerprint density at radius 3 is 2.90 bits per heavy atom. The number of benzene rings is 1. The molecule has 0 saturated heterocycles. The molecule has 0 aliphatic heterocycles. The van der Waals surface area contributed by atoms with Crippen LogP contribution in [0.5, 0.6) is 5.75 Å². The van der Waals surface area contributed by atoms with Gasteiger partial charge in [0, 0.05) is 11.8 Å². The van der Waals surface area contributed by atoms with Crippen molar-refractivity contribution in [2.45, 2.75) is 6.42 Å². The number of hydrogen-bond donors (Lipinski definition) is 2. The maximum atomic E-state index is 12.6. The predicted octanol–water partition coefficient (Wildman–Crippen LogP) is 2.21. The Morgan fingerprint density at radius 2 is 2.20 bits per heavy atom. The van der Waals surface area contributed by atoms with Gasteiger partial charge in [0.25, 0.3) is 0 Å². The van der Waals surface area contributed by atoms with Gasteiger partial charge in [-0.05, 0) is 24.3 Å². The van der Waals surface area contributed by atoms with Gasteiger partial charge in [-0.3, -0.25) is 4.79 Å². The third-order valence-electron chi connectivity index (χ3n) is 2.47. The van der Waals surface area contributed by atoms with E-state index < -0.39 is 5.95 Å². The summed E-state index contributed by atoms with van der Waals surface area (Å²) >= 11 is 0. The molecule has 1 heterocycles. The number of nitrogens with two attached hydrogens (primary N) is 1. The highest BCUT2D eigenvalue weighted by Gasteiger charge is 2.04. The smallest absolute Gasteiger partial charge is 0.227 e. The molecule has 0 fully saturated rings. The van der Waals surface area contributed by atoms with Crippen LogP contribution >= 0.6 is 0 Å². The van der Waals surface area contributed by atoms with Gasteiger partial charge in [-0.2, -0.15) is 4.39 Å². The molecule has 0 atom stereocenters. The molecule has 0 aliphatic carbocycles. The molecule has 1 aromatic carbocycles. The Morgan fingerprint density at radius 1 is 1.35 bits per heavy atom. The van der Waals surface area contributed by atoms with E-state index in [0.29, 0.717) is 17.1 Å². The third-order valence-corrected chi connectivity index (χ3v) is 2.47. The summed E-state index contributed by atoms with van der Waals surface area (Å²) in [7, 11) is 0. The minimum absolute atomic E-state index is 0.173. The summed E-state index contributed by atoms with van der Waals surface area (Å²) in [5.41, 5.74) is 6.65. The number of carbonyl (C=O) groups excluding carboxylic acids is 1. The van der Waals surface area contributed by atoms with Gasteiger partial charge >= 0.3 is 0 Å². The molecule has 6 heteroatoms. The van der Waals surface area contributed by atoms with Crippen molar-refractivity contribution in [3.8, 4) is 5.75 Å². The largest absolute Gasteiger partial charge is 0.493 e. The van der Waals surface area contributed by atoms with Gasteiger partial charge in [0.2, 0.25) is 11.9 Å². The maximum absolute atomic E-state index is 12.6. The second-order valence-electron chi connectivity index (χ2n) is 4.09. The number of carbonyl (C=O) groups is 1. The molecule has 3 N–H and O–H groups in total. The SMILES string of the molecule is Nc1cccc(OCCC(=O)Nc2ccc(F)nc2)c1. The molecule has 5 nitrogen and oxygen atoms in total. The average Bonchev–Trinajstić information content (AvgIpc) is 2.41. The fourth-order valence-electron chi connectivity index (χ4n) is 1.54. The zero-order valence-electron chi connectivity index (χ0n) is 10.7. The van der Waals surface area contributed by atoms with Crippen LogP contribution in [0.25, 0.3) is 0 Å². The fraction of sp³-hybridized carbons (Fsp3) is 0.143. The molecule has 0 bridgehead atoms. The summed E-state index contributed by atoms with van der Waals surface area (Å²) in [5.74, 6) is -0.212. The molecular weight excluding hydrogens is 261 g/mol. The Kier molecular flexibility index (Phi) is 4.49. The minimum Gasteiger partial charge on any atom is -0.493 e. The Labute approximate surface area is 115 Å². The van der Waals surface area contributed by atoms with E-state index in [9.17, 15) is 9.18 Å². The number of nitrogens with zero attached hydrogens (tertiary/aromatic N) is 1. The van der Waals surface area contributed by atoms with Crippen LogP contribution in [0, 0.1) is 5.95 Å². The van der Waals surface area contributed by atoms with Crippen LogP contribution in [-0.2, 0) is 4.79 Å². The van der Waals surface area contributed by atoms with Crippen molar-refractivity contribution in [1.29, 1.82) is 0 Å². The Balaban J connectivity index is 1.76. The Bertz CT molecular complexity index is 587. The van der Waals surface area contributed by atoms with Gasteiger partial charge in [0.15, 0.2) is 0 Å². The number of anilines is 2. The molecule has 1 aromatic heterocycles. The number of aromatic nitrogens is 1. The highest BCUT2D eigenvalue weighted by Crippen LogP contribution is 2.14. The molecule has 20 heavy (non-hydrogen) atoms. The van der Waals surface area contributed by atoms with E-state index in [-0.39, 0.29) is 18.9 Å². The zero-order chi connectivity index (χ0) is 14.4. The highest BCUT2D eigenvalue weighted by molar-refractivity contribution is 5.90. The van der Waals surface area contributed by atoms with E-state index in [0.717, 1.165) is 0 Å². The lowest BCUT2D eigenvalue weighted by molar-refractivity contribution is -0.116. The molecule has 0 unspecified atom stereocenters. The van der Waals surface area contributed by atoms with Gasteiger partial charge in [0.05, 0.1) is 24.9 Å². The number of pyridine rings is 1. The topological polar surface area (TPSA) is 77.2 Å². The average molecular weight is 275 g/mol. The summed E-state index contributed by atoms with van der Waals surface area (Å²) < 4.78 is 18.0. The van der Waals surface area contributed by atoms with E-state index in [4.69, 9.17) is 10.5 Å². The van der Waals surface area contributed by atoms with Gasteiger partial charge in [-0.1, -0.05) is 6.07 Å². The summed E-state index contributed by atoms with van der Waals surface area (Å²) in [6.45, 7) is 0.226. The van der Waals surface area contributed by atoms with Crippen molar-refractivity contribution < 1.29 is 13.9 Å². The second kappa shape index (κ2) is 6.51. The van der Waals surface area contributed by atoms with Crippen LogP contribution in [0.2, 0.25) is 0 Å². The number of nitrogen functional groups attached to an aromatic ring is 1. The lowest BCUT2D eigenvalue weighted by atomic mass is 10.3.